The van der Waals surface area contributed by atoms with Crippen molar-refractivity contribution < 1.29 is 22.7 Å². The van der Waals surface area contributed by atoms with E-state index < -0.39 is 10.0 Å². The number of sulfonamides is 1. The molecule has 0 saturated carbocycles. The van der Waals surface area contributed by atoms with Crippen LogP contribution in [0.25, 0.3) is 0 Å². The Kier molecular flexibility index (Phi) is 6.99. The fourth-order valence-corrected chi connectivity index (χ4v) is 4.96. The van der Waals surface area contributed by atoms with Gasteiger partial charge in [0.2, 0.25) is 5.91 Å². The second kappa shape index (κ2) is 9.49. The summed E-state index contributed by atoms with van der Waals surface area (Å²) in [4.78, 5) is 26.3. The lowest BCUT2D eigenvalue weighted by Gasteiger charge is -2.33. The maximum absolute atomic E-state index is 13.3. The minimum atomic E-state index is -3.96. The van der Waals surface area contributed by atoms with E-state index in [0.29, 0.717) is 36.6 Å². The van der Waals surface area contributed by atoms with Gasteiger partial charge in [-0.25, -0.2) is 8.42 Å². The number of benzene rings is 2. The number of hydrogen-bond acceptors (Lipinski definition) is 5. The van der Waals surface area contributed by atoms with Crippen LogP contribution in [0.3, 0.4) is 0 Å². The number of likely N-dealkylation sites (tertiary alicyclic amines) is 1. The summed E-state index contributed by atoms with van der Waals surface area (Å²) >= 11 is 5.95. The van der Waals surface area contributed by atoms with Crippen molar-refractivity contribution in [1.82, 2.24) is 4.90 Å². The molecule has 0 radical (unpaired) electrons. The van der Waals surface area contributed by atoms with E-state index >= 15 is 0 Å². The predicted molar refractivity (Wildman–Crippen MR) is 114 cm³/mol. The first-order valence-electron chi connectivity index (χ1n) is 9.52. The molecule has 160 valence electrons. The number of piperidine rings is 1. The third-order valence-electron chi connectivity index (χ3n) is 5.11. The molecule has 3 rings (SSSR count). The molecule has 2 aromatic carbocycles. The van der Waals surface area contributed by atoms with Crippen molar-refractivity contribution >= 4 is 39.2 Å². The lowest BCUT2D eigenvalue weighted by molar-refractivity contribution is -0.148. The summed E-state index contributed by atoms with van der Waals surface area (Å²) in [5.41, 5.74) is 0.348. The van der Waals surface area contributed by atoms with Gasteiger partial charge in [-0.1, -0.05) is 29.8 Å². The van der Waals surface area contributed by atoms with Gasteiger partial charge < -0.3 is 9.64 Å². The van der Waals surface area contributed by atoms with Gasteiger partial charge in [-0.3, -0.25) is 13.9 Å². The van der Waals surface area contributed by atoms with Crippen LogP contribution < -0.4 is 4.31 Å². The van der Waals surface area contributed by atoms with Crippen LogP contribution in [0.15, 0.2) is 59.5 Å². The standard InChI is InChI=1S/C21H23ClN2O5S/c1-29-21(26)16-11-13-23(14-12-16)20(25)15-24(18-9-7-17(22)8-10-18)30(27,28)19-5-3-2-4-6-19/h2-10,16H,11-15H2,1H3. The molecule has 0 N–H and O–H groups in total. The van der Waals surface area contributed by atoms with Crippen molar-refractivity contribution in [1.29, 1.82) is 0 Å². The monoisotopic (exact) mass is 450 g/mol. The molecule has 2 aromatic rings. The van der Waals surface area contributed by atoms with Crippen molar-refractivity contribution in [3.05, 3.63) is 59.6 Å². The van der Waals surface area contributed by atoms with Gasteiger partial charge in [0.1, 0.15) is 6.54 Å². The van der Waals surface area contributed by atoms with Gasteiger partial charge in [0.05, 0.1) is 23.6 Å². The first-order chi connectivity index (χ1) is 14.3. The van der Waals surface area contributed by atoms with E-state index in [9.17, 15) is 18.0 Å². The van der Waals surface area contributed by atoms with E-state index in [4.69, 9.17) is 16.3 Å². The molecule has 1 aliphatic heterocycles. The average molecular weight is 451 g/mol. The van der Waals surface area contributed by atoms with E-state index in [2.05, 4.69) is 0 Å². The van der Waals surface area contributed by atoms with Gasteiger partial charge in [-0.05, 0) is 49.2 Å². The van der Waals surface area contributed by atoms with Crippen LogP contribution in [-0.4, -0.2) is 51.9 Å². The zero-order valence-electron chi connectivity index (χ0n) is 16.5. The molecule has 1 fully saturated rings. The Morgan fingerprint density at radius 3 is 2.23 bits per heavy atom. The molecule has 1 aliphatic rings. The van der Waals surface area contributed by atoms with Gasteiger partial charge >= 0.3 is 5.97 Å². The molecular formula is C21H23ClN2O5S. The minimum Gasteiger partial charge on any atom is -0.469 e. The van der Waals surface area contributed by atoms with Crippen LogP contribution in [0.2, 0.25) is 5.02 Å². The lowest BCUT2D eigenvalue weighted by Crippen LogP contribution is -2.46. The van der Waals surface area contributed by atoms with E-state index in [0.717, 1.165) is 4.31 Å². The second-order valence-corrected chi connectivity index (χ2v) is 9.28. The highest BCUT2D eigenvalue weighted by Gasteiger charge is 2.32. The lowest BCUT2D eigenvalue weighted by atomic mass is 9.97. The summed E-state index contributed by atoms with van der Waals surface area (Å²) in [5.74, 6) is -0.844. The number of ether oxygens (including phenoxy) is 1. The summed E-state index contributed by atoms with van der Waals surface area (Å²) in [6.07, 6.45) is 0.982. The highest BCUT2D eigenvalue weighted by molar-refractivity contribution is 7.92. The zero-order chi connectivity index (χ0) is 21.7. The molecule has 0 atom stereocenters. The van der Waals surface area contributed by atoms with Crippen LogP contribution in [-0.2, 0) is 24.3 Å². The van der Waals surface area contributed by atoms with Crippen molar-refractivity contribution in [3.63, 3.8) is 0 Å². The largest absolute Gasteiger partial charge is 0.469 e. The SMILES string of the molecule is COC(=O)C1CCN(C(=O)CN(c2ccc(Cl)cc2)S(=O)(=O)c2ccccc2)CC1. The van der Waals surface area contributed by atoms with Gasteiger partial charge in [0.25, 0.3) is 10.0 Å². The number of nitrogens with zero attached hydrogens (tertiary/aromatic N) is 2. The molecule has 0 bridgehead atoms. The number of amides is 1. The second-order valence-electron chi connectivity index (χ2n) is 6.98. The molecule has 0 aromatic heterocycles. The van der Waals surface area contributed by atoms with Crippen LogP contribution >= 0.6 is 11.6 Å². The molecule has 0 spiro atoms. The van der Waals surface area contributed by atoms with E-state index in [1.54, 1.807) is 47.4 Å². The maximum Gasteiger partial charge on any atom is 0.308 e. The average Bonchev–Trinajstić information content (AvgIpc) is 2.78. The molecule has 0 aliphatic carbocycles. The van der Waals surface area contributed by atoms with Crippen LogP contribution in [0.4, 0.5) is 5.69 Å². The quantitative estimate of drug-likeness (QED) is 0.632. The third kappa shape index (κ3) is 4.94. The molecule has 0 unspecified atom stereocenters. The summed E-state index contributed by atoms with van der Waals surface area (Å²) in [7, 11) is -2.61. The summed E-state index contributed by atoms with van der Waals surface area (Å²) < 4.78 is 32.4. The minimum absolute atomic E-state index is 0.0946. The molecule has 1 amide bonds. The van der Waals surface area contributed by atoms with E-state index in [1.165, 1.54) is 19.2 Å². The first-order valence-corrected chi connectivity index (χ1v) is 11.3. The summed E-state index contributed by atoms with van der Waals surface area (Å²) in [6.45, 7) is 0.401. The van der Waals surface area contributed by atoms with Gasteiger partial charge in [-0.15, -0.1) is 0 Å². The number of hydrogen-bond donors (Lipinski definition) is 0. The summed E-state index contributed by atoms with van der Waals surface area (Å²) in [6, 6.07) is 14.3. The first kappa shape index (κ1) is 22.1. The van der Waals surface area contributed by atoms with Gasteiger partial charge in [0.15, 0.2) is 0 Å². The number of methoxy groups -OCH3 is 1. The number of esters is 1. The van der Waals surface area contributed by atoms with Crippen LogP contribution in [0, 0.1) is 5.92 Å². The molecule has 30 heavy (non-hydrogen) atoms. The fourth-order valence-electron chi connectivity index (χ4n) is 3.40. The van der Waals surface area contributed by atoms with Gasteiger partial charge in [0, 0.05) is 18.1 Å². The fraction of sp³-hybridized carbons (Fsp3) is 0.333. The third-order valence-corrected chi connectivity index (χ3v) is 7.15. The van der Waals surface area contributed by atoms with Crippen molar-refractivity contribution in [2.75, 3.05) is 31.0 Å². The van der Waals surface area contributed by atoms with E-state index in [1.807, 2.05) is 0 Å². The van der Waals surface area contributed by atoms with Crippen LogP contribution in [0.1, 0.15) is 12.8 Å². The van der Waals surface area contributed by atoms with E-state index in [-0.39, 0.29) is 29.2 Å². The smallest absolute Gasteiger partial charge is 0.308 e. The molecule has 9 heteroatoms. The Morgan fingerprint density at radius 2 is 1.67 bits per heavy atom. The Bertz CT molecular complexity index is 988. The van der Waals surface area contributed by atoms with Crippen molar-refractivity contribution in [2.24, 2.45) is 5.92 Å². The normalized spacial score (nSPS) is 14.9. The topological polar surface area (TPSA) is 84.0 Å². The Hall–Kier alpha value is -2.58. The number of rotatable bonds is 6. The highest BCUT2D eigenvalue weighted by Crippen LogP contribution is 2.26. The highest BCUT2D eigenvalue weighted by atomic mass is 35.5. The predicted octanol–water partition coefficient (Wildman–Crippen LogP) is 2.95. The Balaban J connectivity index is 1.82. The Morgan fingerprint density at radius 1 is 1.07 bits per heavy atom. The number of halogens is 1. The van der Waals surface area contributed by atoms with Crippen molar-refractivity contribution in [3.8, 4) is 0 Å². The molecule has 7 nitrogen and oxygen atoms in total. The van der Waals surface area contributed by atoms with Gasteiger partial charge in [-0.2, -0.15) is 0 Å². The number of anilines is 1. The molecule has 1 saturated heterocycles. The summed E-state index contributed by atoms with van der Waals surface area (Å²) in [5, 5.41) is 0.465. The van der Waals surface area contributed by atoms with Crippen LogP contribution in [0.5, 0.6) is 0 Å². The molecule has 1 heterocycles. The van der Waals surface area contributed by atoms with Crippen molar-refractivity contribution in [2.45, 2.75) is 17.7 Å². The molecular weight excluding hydrogens is 428 g/mol. The zero-order valence-corrected chi connectivity index (χ0v) is 18.1. The number of carbonyl (C=O) groups excluding carboxylic acids is 2. The maximum atomic E-state index is 13.3. The Labute approximate surface area is 181 Å². The number of carbonyl (C=O) groups is 2.